The second-order valence-electron chi connectivity index (χ2n) is 7.04. The van der Waals surface area contributed by atoms with Gasteiger partial charge in [-0.3, -0.25) is 0 Å². The van der Waals surface area contributed by atoms with Crippen LogP contribution < -0.4 is 0 Å². The molecule has 18 heavy (non-hydrogen) atoms. The molecule has 0 aromatic carbocycles. The summed E-state index contributed by atoms with van der Waals surface area (Å²) in [6.45, 7) is 0. The summed E-state index contributed by atoms with van der Waals surface area (Å²) in [7, 11) is 2.65. The molecule has 0 N–H and O–H groups in total. The molecule has 3 aliphatic rings. The number of hydrogen-bond acceptors (Lipinski definition) is 0. The van der Waals surface area contributed by atoms with Crippen LogP contribution in [0.4, 0.5) is 0 Å². The summed E-state index contributed by atoms with van der Waals surface area (Å²) in [5.74, 6) is 0. The number of rotatable bonds is 3. The molecule has 0 saturated heterocycles. The van der Waals surface area contributed by atoms with Crippen molar-refractivity contribution in [3.63, 3.8) is 0 Å². The summed E-state index contributed by atoms with van der Waals surface area (Å²) in [6, 6.07) is 3.09. The van der Waals surface area contributed by atoms with Gasteiger partial charge in [-0.1, -0.05) is 8.41 Å². The minimum atomic E-state index is 0. The van der Waals surface area contributed by atoms with E-state index in [9.17, 15) is 0 Å². The van der Waals surface area contributed by atoms with Gasteiger partial charge in [0.25, 0.3) is 0 Å². The van der Waals surface area contributed by atoms with Gasteiger partial charge in [0.2, 0.25) is 0 Å². The lowest BCUT2D eigenvalue weighted by Crippen LogP contribution is -2.62. The van der Waals surface area contributed by atoms with Crippen LogP contribution in [0.3, 0.4) is 0 Å². The van der Waals surface area contributed by atoms with Crippen LogP contribution in [0.25, 0.3) is 0 Å². The zero-order valence-electron chi connectivity index (χ0n) is 11.7. The van der Waals surface area contributed by atoms with Gasteiger partial charge in [0.05, 0.1) is 25.2 Å². The highest BCUT2D eigenvalue weighted by Crippen LogP contribution is 2.42. The maximum atomic E-state index is 2.65. The summed E-state index contributed by atoms with van der Waals surface area (Å²) in [5.41, 5.74) is 0. The molecular formula is C16H34BN. The molecule has 0 spiro atoms. The topological polar surface area (TPSA) is 0 Å². The average Bonchev–Trinajstić information content (AvgIpc) is 3.10. The van der Waals surface area contributed by atoms with E-state index in [0.717, 1.165) is 18.1 Å². The largest absolute Gasteiger partial charge is 0.319 e. The van der Waals surface area contributed by atoms with Crippen LogP contribution in [0.15, 0.2) is 0 Å². The van der Waals surface area contributed by atoms with Crippen molar-refractivity contribution in [3.05, 3.63) is 0 Å². The molecule has 3 saturated carbocycles. The monoisotopic (exact) mass is 251 g/mol. The number of quaternary nitrogens is 1. The lowest BCUT2D eigenvalue weighted by atomic mass is 9.98. The number of nitrogens with zero attached hydrogens (tertiary/aromatic N) is 1. The molecular weight excluding hydrogens is 217 g/mol. The standard InChI is InChI=1S/C16H30N.BH4/c1-17(14-8-2-3-9-14,15-10-4-5-11-15)16-12-6-7-13-16;/h14-16H,2-13H2,1H3;1H4/q+1;-1. The summed E-state index contributed by atoms with van der Waals surface area (Å²) >= 11 is 0. The first-order chi connectivity index (χ1) is 8.32. The smallest absolute Gasteiger partial charge is 0.0892 e. The fraction of sp³-hybridized carbons (Fsp3) is 1.00. The molecule has 3 aliphatic carbocycles. The predicted octanol–water partition coefficient (Wildman–Crippen LogP) is 2.81. The van der Waals surface area contributed by atoms with Crippen molar-refractivity contribution < 1.29 is 4.48 Å². The third kappa shape index (κ3) is 2.38. The molecule has 0 unspecified atom stereocenters. The number of hydrogen-bond donors (Lipinski definition) is 0. The molecule has 106 valence electrons. The second-order valence-corrected chi connectivity index (χ2v) is 7.04. The Morgan fingerprint density at radius 1 is 0.556 bits per heavy atom. The van der Waals surface area contributed by atoms with Crippen LogP contribution >= 0.6 is 0 Å². The van der Waals surface area contributed by atoms with E-state index in [-0.39, 0.29) is 8.41 Å². The Labute approximate surface area is 115 Å². The minimum absolute atomic E-state index is 0. The molecule has 2 heteroatoms. The van der Waals surface area contributed by atoms with Crippen LogP contribution in [0, 0.1) is 0 Å². The van der Waals surface area contributed by atoms with Gasteiger partial charge >= 0.3 is 0 Å². The van der Waals surface area contributed by atoms with Crippen molar-refractivity contribution >= 4 is 8.41 Å². The average molecular weight is 251 g/mol. The van der Waals surface area contributed by atoms with E-state index in [1.54, 1.807) is 0 Å². The second kappa shape index (κ2) is 5.99. The fourth-order valence-corrected chi connectivity index (χ4v) is 5.28. The first-order valence-electron chi connectivity index (χ1n) is 8.17. The lowest BCUT2D eigenvalue weighted by Gasteiger charge is -2.49. The van der Waals surface area contributed by atoms with E-state index < -0.39 is 0 Å². The van der Waals surface area contributed by atoms with Gasteiger partial charge in [-0.15, -0.1) is 0 Å². The van der Waals surface area contributed by atoms with Gasteiger partial charge in [-0.25, -0.2) is 0 Å². The van der Waals surface area contributed by atoms with E-state index in [2.05, 4.69) is 7.05 Å². The van der Waals surface area contributed by atoms with Gasteiger partial charge in [0, 0.05) is 0 Å². The Bertz CT molecular complexity index is 207. The van der Waals surface area contributed by atoms with E-state index in [4.69, 9.17) is 0 Å². The van der Waals surface area contributed by atoms with Crippen LogP contribution in [0.1, 0.15) is 77.0 Å². The fourth-order valence-electron chi connectivity index (χ4n) is 5.28. The third-order valence-corrected chi connectivity index (χ3v) is 6.33. The van der Waals surface area contributed by atoms with Crippen molar-refractivity contribution in [1.82, 2.24) is 0 Å². The van der Waals surface area contributed by atoms with Gasteiger partial charge < -0.3 is 4.48 Å². The third-order valence-electron chi connectivity index (χ3n) is 6.33. The molecule has 0 aromatic heterocycles. The van der Waals surface area contributed by atoms with Crippen LogP contribution in [0.2, 0.25) is 0 Å². The highest BCUT2D eigenvalue weighted by atomic mass is 15.4. The molecule has 0 amide bonds. The Balaban J connectivity index is 0.00000120. The van der Waals surface area contributed by atoms with Gasteiger partial charge in [0.15, 0.2) is 0 Å². The lowest BCUT2D eigenvalue weighted by molar-refractivity contribution is -0.976. The molecule has 0 atom stereocenters. The normalized spacial score (nSPS) is 27.8. The van der Waals surface area contributed by atoms with E-state index in [0.29, 0.717) is 0 Å². The van der Waals surface area contributed by atoms with E-state index in [1.807, 2.05) is 0 Å². The molecule has 0 aromatic rings. The van der Waals surface area contributed by atoms with E-state index in [1.165, 1.54) is 81.5 Å². The van der Waals surface area contributed by atoms with Gasteiger partial charge in [-0.2, -0.15) is 0 Å². The summed E-state index contributed by atoms with van der Waals surface area (Å²) in [4.78, 5) is 0. The van der Waals surface area contributed by atoms with Gasteiger partial charge in [0.1, 0.15) is 0 Å². The summed E-state index contributed by atoms with van der Waals surface area (Å²) in [6.07, 6.45) is 18.3. The van der Waals surface area contributed by atoms with Crippen LogP contribution in [-0.2, 0) is 0 Å². The quantitative estimate of drug-likeness (QED) is 0.534. The first kappa shape index (κ1) is 14.4. The SMILES string of the molecule is C[N+](C1CCCC1)(C1CCCC1)C1CCCC1.[BH4-]. The molecule has 3 rings (SSSR count). The maximum Gasteiger partial charge on any atom is 0.0892 e. The molecule has 0 aliphatic heterocycles. The van der Waals surface area contributed by atoms with Crippen molar-refractivity contribution in [2.45, 2.75) is 95.2 Å². The molecule has 0 bridgehead atoms. The molecule has 0 radical (unpaired) electrons. The van der Waals surface area contributed by atoms with Crippen molar-refractivity contribution in [2.75, 3.05) is 7.05 Å². The molecule has 0 heterocycles. The highest BCUT2D eigenvalue weighted by Gasteiger charge is 2.48. The molecule has 1 nitrogen and oxygen atoms in total. The summed E-state index contributed by atoms with van der Waals surface area (Å²) in [5, 5.41) is 0. The Hall–Kier alpha value is 0.0249. The highest BCUT2D eigenvalue weighted by molar-refractivity contribution is 5.75. The molecule has 3 fully saturated rings. The van der Waals surface area contributed by atoms with Crippen molar-refractivity contribution in [3.8, 4) is 0 Å². The van der Waals surface area contributed by atoms with Crippen LogP contribution in [-0.4, -0.2) is 38.1 Å². The van der Waals surface area contributed by atoms with Crippen LogP contribution in [0.5, 0.6) is 0 Å². The Kier molecular flexibility index (Phi) is 4.80. The first-order valence-corrected chi connectivity index (χ1v) is 8.17. The Morgan fingerprint density at radius 3 is 1.00 bits per heavy atom. The predicted molar refractivity (Wildman–Crippen MR) is 84.3 cm³/mol. The van der Waals surface area contributed by atoms with Crippen molar-refractivity contribution in [1.29, 1.82) is 0 Å². The minimum Gasteiger partial charge on any atom is -0.319 e. The van der Waals surface area contributed by atoms with E-state index >= 15 is 0 Å². The summed E-state index contributed by atoms with van der Waals surface area (Å²) < 4.78 is 1.50. The van der Waals surface area contributed by atoms with Gasteiger partial charge in [-0.05, 0) is 77.0 Å². The zero-order valence-corrected chi connectivity index (χ0v) is 11.7. The maximum absolute atomic E-state index is 2.65. The Morgan fingerprint density at radius 2 is 0.778 bits per heavy atom. The zero-order chi connectivity index (χ0) is 11.7. The van der Waals surface area contributed by atoms with Crippen molar-refractivity contribution in [2.24, 2.45) is 0 Å².